The van der Waals surface area contributed by atoms with E-state index in [0.29, 0.717) is 6.04 Å². The molecule has 0 fully saturated rings. The van der Waals surface area contributed by atoms with E-state index in [-0.39, 0.29) is 0 Å². The van der Waals surface area contributed by atoms with Gasteiger partial charge in [-0.25, -0.2) is 4.39 Å². The maximum absolute atomic E-state index is 10.6. The highest BCUT2D eigenvalue weighted by atomic mass is 79.9. The summed E-state index contributed by atoms with van der Waals surface area (Å²) in [6.07, 6.45) is 10.2. The van der Waals surface area contributed by atoms with Crippen molar-refractivity contribution in [2.75, 3.05) is 6.67 Å². The lowest BCUT2D eigenvalue weighted by Gasteiger charge is -2.23. The molecule has 0 amide bonds. The molecule has 1 unspecified atom stereocenters. The van der Waals surface area contributed by atoms with Crippen LogP contribution in [0.1, 0.15) is 57.3 Å². The fourth-order valence-corrected chi connectivity index (χ4v) is 3.26. The second-order valence-electron chi connectivity index (χ2n) is 5.57. The highest BCUT2D eigenvalue weighted by molar-refractivity contribution is 9.10. The molecule has 1 aromatic heterocycles. The van der Waals surface area contributed by atoms with Crippen molar-refractivity contribution < 1.29 is 4.39 Å². The molecule has 138 valence electrons. The summed E-state index contributed by atoms with van der Waals surface area (Å²) in [5.74, 6) is 0. The summed E-state index contributed by atoms with van der Waals surface area (Å²) in [6.45, 7) is 8.85. The van der Waals surface area contributed by atoms with Gasteiger partial charge in [0.15, 0.2) is 0 Å². The molecule has 0 saturated carbocycles. The first-order chi connectivity index (χ1) is 12.2. The molecule has 0 saturated heterocycles. The molecule has 1 aliphatic carbocycles. The van der Waals surface area contributed by atoms with Crippen molar-refractivity contribution in [2.45, 2.75) is 52.5 Å². The molecule has 3 rings (SSSR count). The van der Waals surface area contributed by atoms with Crippen LogP contribution in [0.3, 0.4) is 0 Å². The molecule has 1 aromatic carbocycles. The molecule has 2 aromatic rings. The molecule has 1 atom stereocenters. The van der Waals surface area contributed by atoms with Crippen molar-refractivity contribution in [1.29, 1.82) is 0 Å². The van der Waals surface area contributed by atoms with Gasteiger partial charge in [-0.1, -0.05) is 48.9 Å². The summed E-state index contributed by atoms with van der Waals surface area (Å²) in [5, 5.41) is 4.90. The average Bonchev–Trinajstić information content (AvgIpc) is 3.02. The van der Waals surface area contributed by atoms with Crippen LogP contribution in [0.5, 0.6) is 0 Å². The molecular formula is C21H30BrFN2. The second kappa shape index (κ2) is 11.9. The van der Waals surface area contributed by atoms with Gasteiger partial charge in [-0.05, 0) is 55.6 Å². The number of rotatable bonds is 4. The van der Waals surface area contributed by atoms with Crippen LogP contribution in [-0.2, 0) is 6.42 Å². The summed E-state index contributed by atoms with van der Waals surface area (Å²) < 4.78 is 11.8. The third-order valence-corrected chi connectivity index (χ3v) is 4.42. The Balaban J connectivity index is 0.000000461. The van der Waals surface area contributed by atoms with E-state index in [1.54, 1.807) is 0 Å². The van der Waals surface area contributed by atoms with Gasteiger partial charge in [-0.2, -0.15) is 0 Å². The number of alkyl halides is 1. The van der Waals surface area contributed by atoms with Crippen molar-refractivity contribution in [3.8, 4) is 0 Å². The Morgan fingerprint density at radius 1 is 1.40 bits per heavy atom. The van der Waals surface area contributed by atoms with Gasteiger partial charge < -0.3 is 10.3 Å². The summed E-state index contributed by atoms with van der Waals surface area (Å²) in [5.41, 5.74) is 4.12. The zero-order valence-electron chi connectivity index (χ0n) is 15.5. The fraction of sp³-hybridized carbons (Fsp3) is 0.429. The van der Waals surface area contributed by atoms with E-state index in [9.17, 15) is 4.39 Å². The molecular weight excluding hydrogens is 379 g/mol. The van der Waals surface area contributed by atoms with E-state index < -0.39 is 6.67 Å². The van der Waals surface area contributed by atoms with Crippen molar-refractivity contribution in [3.05, 3.63) is 58.9 Å². The molecule has 25 heavy (non-hydrogen) atoms. The third kappa shape index (κ3) is 6.03. The molecule has 2 N–H and O–H groups in total. The van der Waals surface area contributed by atoms with E-state index in [4.69, 9.17) is 0 Å². The monoisotopic (exact) mass is 408 g/mol. The minimum absolute atomic E-state index is 0.417. The van der Waals surface area contributed by atoms with Crippen LogP contribution in [0.25, 0.3) is 10.9 Å². The zero-order valence-corrected chi connectivity index (χ0v) is 17.1. The molecule has 1 heterocycles. The zero-order chi connectivity index (χ0) is 18.7. The van der Waals surface area contributed by atoms with E-state index >= 15 is 0 Å². The Hall–Kier alpha value is -1.55. The summed E-state index contributed by atoms with van der Waals surface area (Å²) in [7, 11) is 0. The number of aromatic nitrogens is 1. The maximum Gasteiger partial charge on any atom is 0.107 e. The second-order valence-corrected chi connectivity index (χ2v) is 6.49. The molecule has 4 heteroatoms. The van der Waals surface area contributed by atoms with Crippen LogP contribution in [0, 0.1) is 0 Å². The first-order valence-electron chi connectivity index (χ1n) is 9.09. The van der Waals surface area contributed by atoms with Gasteiger partial charge in [0, 0.05) is 21.1 Å². The number of aromatic amines is 1. The average molecular weight is 409 g/mol. The highest BCUT2D eigenvalue weighted by Crippen LogP contribution is 2.35. The molecule has 2 nitrogen and oxygen atoms in total. The predicted octanol–water partition coefficient (Wildman–Crippen LogP) is 6.99. The minimum atomic E-state index is -0.417. The fourth-order valence-electron chi connectivity index (χ4n) is 2.90. The van der Waals surface area contributed by atoms with Gasteiger partial charge in [0.25, 0.3) is 0 Å². The van der Waals surface area contributed by atoms with Gasteiger partial charge in [0.1, 0.15) is 6.67 Å². The van der Waals surface area contributed by atoms with Crippen LogP contribution in [0.15, 0.2) is 47.6 Å². The first-order valence-corrected chi connectivity index (χ1v) is 9.88. The molecule has 0 bridgehead atoms. The Bertz CT molecular complexity index is 676. The number of fused-ring (bicyclic) bond motifs is 3. The van der Waals surface area contributed by atoms with Crippen LogP contribution in [0.2, 0.25) is 0 Å². The number of hydrogen-bond acceptors (Lipinski definition) is 1. The quantitative estimate of drug-likeness (QED) is 0.524. The molecule has 0 spiro atoms. The normalized spacial score (nSPS) is 15.6. The number of halogens is 2. The predicted molar refractivity (Wildman–Crippen MR) is 112 cm³/mol. The van der Waals surface area contributed by atoms with Crippen LogP contribution in [-0.4, -0.2) is 11.7 Å². The summed E-state index contributed by atoms with van der Waals surface area (Å²) in [6, 6.07) is 6.92. The van der Waals surface area contributed by atoms with Gasteiger partial charge in [-0.15, -0.1) is 6.58 Å². The number of H-pyrrole nitrogens is 1. The number of hydrogen-bond donors (Lipinski definition) is 2. The van der Waals surface area contributed by atoms with Gasteiger partial charge in [0.05, 0.1) is 6.04 Å². The minimum Gasteiger partial charge on any atom is -0.383 e. The standard InChI is InChI=1S/C16H19BrN2.C3H5F.C2H6/c1-2-3-9-18-15-6-4-5-12-13-10-11(17)7-8-14(13)19-16(12)15;1-2-3-4;1-2/h3,7-10,15,18-19H,2,4-6H2,1H3;2H,1,3H2;1-2H3/b9-3+;;. The lowest BCUT2D eigenvalue weighted by Crippen LogP contribution is -2.20. The maximum atomic E-state index is 10.6. The van der Waals surface area contributed by atoms with E-state index in [1.807, 2.05) is 13.8 Å². The lowest BCUT2D eigenvalue weighted by molar-refractivity contribution is 0.504. The summed E-state index contributed by atoms with van der Waals surface area (Å²) >= 11 is 3.57. The van der Waals surface area contributed by atoms with E-state index in [2.05, 4.69) is 70.2 Å². The highest BCUT2D eigenvalue weighted by Gasteiger charge is 2.23. The van der Waals surface area contributed by atoms with E-state index in [1.165, 1.54) is 47.5 Å². The van der Waals surface area contributed by atoms with Crippen LogP contribution in [0.4, 0.5) is 4.39 Å². The Morgan fingerprint density at radius 2 is 2.12 bits per heavy atom. The smallest absolute Gasteiger partial charge is 0.107 e. The van der Waals surface area contributed by atoms with Crippen molar-refractivity contribution in [1.82, 2.24) is 10.3 Å². The van der Waals surface area contributed by atoms with Crippen molar-refractivity contribution in [2.24, 2.45) is 0 Å². The van der Waals surface area contributed by atoms with Crippen LogP contribution < -0.4 is 5.32 Å². The van der Waals surface area contributed by atoms with Gasteiger partial charge >= 0.3 is 0 Å². The van der Waals surface area contributed by atoms with Gasteiger partial charge in [-0.3, -0.25) is 0 Å². The number of aryl methyl sites for hydroxylation is 1. The van der Waals surface area contributed by atoms with E-state index in [0.717, 1.165) is 10.9 Å². The molecule has 1 aliphatic rings. The Labute approximate surface area is 159 Å². The Kier molecular flexibility index (Phi) is 10.2. The SMILES string of the molecule is C=CCF.CC.CC/C=C/NC1CCCc2c1[nH]c1ccc(Br)cc21. The third-order valence-electron chi connectivity index (χ3n) is 3.93. The summed E-state index contributed by atoms with van der Waals surface area (Å²) in [4.78, 5) is 3.60. The van der Waals surface area contributed by atoms with Crippen LogP contribution >= 0.6 is 15.9 Å². The van der Waals surface area contributed by atoms with Crippen molar-refractivity contribution >= 4 is 26.8 Å². The number of allylic oxidation sites excluding steroid dienone is 2. The Morgan fingerprint density at radius 3 is 2.76 bits per heavy atom. The van der Waals surface area contributed by atoms with Gasteiger partial charge in [0.2, 0.25) is 0 Å². The van der Waals surface area contributed by atoms with Crippen molar-refractivity contribution in [3.63, 3.8) is 0 Å². The topological polar surface area (TPSA) is 27.8 Å². The molecule has 0 radical (unpaired) electrons. The first kappa shape index (κ1) is 21.5. The molecule has 0 aliphatic heterocycles. The number of nitrogens with one attached hydrogen (secondary N) is 2. The number of benzene rings is 1. The lowest BCUT2D eigenvalue weighted by atomic mass is 9.92. The largest absolute Gasteiger partial charge is 0.383 e.